The van der Waals surface area contributed by atoms with Gasteiger partial charge in [-0.1, -0.05) is 6.42 Å². The summed E-state index contributed by atoms with van der Waals surface area (Å²) in [6.07, 6.45) is 4.82. The molecule has 1 aliphatic carbocycles. The third kappa shape index (κ3) is 2.66. The maximum absolute atomic E-state index is 12.5. The van der Waals surface area contributed by atoms with E-state index >= 15 is 0 Å². The highest BCUT2D eigenvalue weighted by Gasteiger charge is 2.39. The normalized spacial score (nSPS) is 31.8. The van der Waals surface area contributed by atoms with Crippen molar-refractivity contribution >= 4 is 11.9 Å². The molecule has 0 aromatic rings. The number of hydrogen-bond donors (Lipinski definition) is 2. The zero-order valence-corrected chi connectivity index (χ0v) is 10.7. The molecule has 0 spiro atoms. The van der Waals surface area contributed by atoms with Crippen LogP contribution >= 0.6 is 0 Å². The molecule has 102 valence electrons. The highest BCUT2D eigenvalue weighted by Crippen LogP contribution is 2.34. The van der Waals surface area contributed by atoms with E-state index in [1.54, 1.807) is 4.90 Å². The Balaban J connectivity index is 2.01. The van der Waals surface area contributed by atoms with Gasteiger partial charge in [0.25, 0.3) is 0 Å². The number of carboxylic acid groups (broad SMARTS) is 1. The van der Waals surface area contributed by atoms with Crippen molar-refractivity contribution < 1.29 is 14.7 Å². The molecule has 1 saturated carbocycles. The van der Waals surface area contributed by atoms with Crippen LogP contribution in [0.3, 0.4) is 0 Å². The van der Waals surface area contributed by atoms with Gasteiger partial charge in [0, 0.05) is 18.5 Å². The highest BCUT2D eigenvalue weighted by molar-refractivity contribution is 5.81. The Labute approximate surface area is 107 Å². The Morgan fingerprint density at radius 3 is 2.67 bits per heavy atom. The van der Waals surface area contributed by atoms with Gasteiger partial charge in [0.15, 0.2) is 0 Å². The lowest BCUT2D eigenvalue weighted by Crippen LogP contribution is -2.42. The molecule has 18 heavy (non-hydrogen) atoms. The number of hydrogen-bond acceptors (Lipinski definition) is 3. The summed E-state index contributed by atoms with van der Waals surface area (Å²) in [5, 5.41) is 8.88. The Bertz CT molecular complexity index is 332. The van der Waals surface area contributed by atoms with Gasteiger partial charge in [-0.3, -0.25) is 9.59 Å². The van der Waals surface area contributed by atoms with E-state index in [4.69, 9.17) is 10.8 Å². The fraction of sp³-hybridized carbons (Fsp3) is 0.846. The molecule has 0 bridgehead atoms. The van der Waals surface area contributed by atoms with Crippen molar-refractivity contribution in [2.24, 2.45) is 17.6 Å². The molecule has 3 unspecified atom stereocenters. The molecule has 5 heteroatoms. The van der Waals surface area contributed by atoms with Crippen molar-refractivity contribution in [2.75, 3.05) is 13.1 Å². The van der Waals surface area contributed by atoms with E-state index in [1.807, 2.05) is 0 Å². The van der Waals surface area contributed by atoms with E-state index in [0.29, 0.717) is 19.0 Å². The van der Waals surface area contributed by atoms with Crippen molar-refractivity contribution in [1.29, 1.82) is 0 Å². The third-order valence-corrected chi connectivity index (χ3v) is 4.35. The number of carbonyl (C=O) groups excluding carboxylic acids is 1. The first kappa shape index (κ1) is 13.3. The molecule has 3 atom stereocenters. The van der Waals surface area contributed by atoms with Crippen LogP contribution in [-0.4, -0.2) is 41.0 Å². The van der Waals surface area contributed by atoms with Gasteiger partial charge < -0.3 is 15.7 Å². The quantitative estimate of drug-likeness (QED) is 0.778. The summed E-state index contributed by atoms with van der Waals surface area (Å²) in [5.41, 5.74) is 5.71. The number of aliphatic carboxylic acids is 1. The molecule has 1 amide bonds. The Morgan fingerprint density at radius 2 is 2.00 bits per heavy atom. The Hall–Kier alpha value is -1.10. The summed E-state index contributed by atoms with van der Waals surface area (Å²) >= 11 is 0. The van der Waals surface area contributed by atoms with Crippen molar-refractivity contribution in [3.63, 3.8) is 0 Å². The maximum atomic E-state index is 12.5. The predicted octanol–water partition coefficient (Wildman–Crippen LogP) is 0.827. The van der Waals surface area contributed by atoms with Gasteiger partial charge in [0.05, 0.1) is 6.42 Å². The van der Waals surface area contributed by atoms with Gasteiger partial charge in [-0.25, -0.2) is 0 Å². The average Bonchev–Trinajstić information content (AvgIpc) is 2.95. The lowest BCUT2D eigenvalue weighted by molar-refractivity contribution is -0.141. The van der Waals surface area contributed by atoms with Crippen LogP contribution in [0.4, 0.5) is 0 Å². The van der Waals surface area contributed by atoms with Gasteiger partial charge in [-0.15, -0.1) is 0 Å². The molecule has 2 rings (SSSR count). The highest BCUT2D eigenvalue weighted by atomic mass is 16.4. The number of nitrogens with zero attached hydrogens (tertiary/aromatic N) is 1. The number of likely N-dealkylation sites (tertiary alicyclic amines) is 1. The van der Waals surface area contributed by atoms with Gasteiger partial charge in [-0.05, 0) is 38.1 Å². The number of carbonyl (C=O) groups is 2. The minimum absolute atomic E-state index is 0.0318. The molecule has 2 fully saturated rings. The van der Waals surface area contributed by atoms with Crippen molar-refractivity contribution in [2.45, 2.75) is 44.6 Å². The van der Waals surface area contributed by atoms with Crippen LogP contribution in [0.15, 0.2) is 0 Å². The van der Waals surface area contributed by atoms with Crippen molar-refractivity contribution in [1.82, 2.24) is 4.90 Å². The van der Waals surface area contributed by atoms with Crippen LogP contribution in [0.25, 0.3) is 0 Å². The van der Waals surface area contributed by atoms with Crippen LogP contribution in [-0.2, 0) is 9.59 Å². The first-order chi connectivity index (χ1) is 8.63. The molecular formula is C13H22N2O3. The summed E-state index contributed by atoms with van der Waals surface area (Å²) in [5.74, 6) is -0.346. The second-order valence-corrected chi connectivity index (χ2v) is 5.46. The molecule has 3 N–H and O–H groups in total. The zero-order chi connectivity index (χ0) is 13.1. The van der Waals surface area contributed by atoms with Gasteiger partial charge >= 0.3 is 5.97 Å². The van der Waals surface area contributed by atoms with E-state index in [2.05, 4.69) is 0 Å². The fourth-order valence-corrected chi connectivity index (χ4v) is 3.40. The van der Waals surface area contributed by atoms with E-state index in [0.717, 1.165) is 32.1 Å². The molecular weight excluding hydrogens is 232 g/mol. The molecule has 2 aliphatic rings. The molecule has 1 heterocycles. The first-order valence-corrected chi connectivity index (χ1v) is 6.85. The van der Waals surface area contributed by atoms with Crippen LogP contribution in [0, 0.1) is 11.8 Å². The molecule has 1 aliphatic heterocycles. The number of rotatable bonds is 4. The minimum atomic E-state index is -0.818. The second kappa shape index (κ2) is 5.69. The lowest BCUT2D eigenvalue weighted by Gasteiger charge is -2.28. The Kier molecular flexibility index (Phi) is 4.22. The largest absolute Gasteiger partial charge is 0.481 e. The van der Waals surface area contributed by atoms with Crippen LogP contribution in [0.2, 0.25) is 0 Å². The standard InChI is InChI=1S/C13H22N2O3/c14-8-9-3-1-5-11(9)13(18)15-6-2-4-10(15)7-12(16)17/h9-11H,1-8,14H2,(H,16,17). The minimum Gasteiger partial charge on any atom is -0.481 e. The monoisotopic (exact) mass is 254 g/mol. The maximum Gasteiger partial charge on any atom is 0.305 e. The first-order valence-electron chi connectivity index (χ1n) is 6.85. The van der Waals surface area contributed by atoms with Gasteiger partial charge in [0.2, 0.25) is 5.91 Å². The summed E-state index contributed by atoms with van der Waals surface area (Å²) < 4.78 is 0. The SMILES string of the molecule is NCC1CCCC1C(=O)N1CCCC1CC(=O)O. The van der Waals surface area contributed by atoms with Gasteiger partial charge in [-0.2, -0.15) is 0 Å². The molecule has 0 radical (unpaired) electrons. The summed E-state index contributed by atoms with van der Waals surface area (Å²) in [6.45, 7) is 1.28. The van der Waals surface area contributed by atoms with E-state index in [9.17, 15) is 9.59 Å². The van der Waals surface area contributed by atoms with Crippen molar-refractivity contribution in [3.05, 3.63) is 0 Å². The zero-order valence-electron chi connectivity index (χ0n) is 10.7. The van der Waals surface area contributed by atoms with Crippen LogP contribution < -0.4 is 5.73 Å². The number of amides is 1. The molecule has 5 nitrogen and oxygen atoms in total. The van der Waals surface area contributed by atoms with E-state index in [1.165, 1.54) is 0 Å². The Morgan fingerprint density at radius 1 is 1.22 bits per heavy atom. The predicted molar refractivity (Wildman–Crippen MR) is 66.9 cm³/mol. The summed E-state index contributed by atoms with van der Waals surface area (Å²) in [6, 6.07) is -0.103. The number of carboxylic acids is 1. The van der Waals surface area contributed by atoms with E-state index < -0.39 is 5.97 Å². The topological polar surface area (TPSA) is 83.6 Å². The van der Waals surface area contributed by atoms with E-state index in [-0.39, 0.29) is 24.3 Å². The summed E-state index contributed by atoms with van der Waals surface area (Å²) in [4.78, 5) is 25.1. The number of nitrogens with two attached hydrogens (primary N) is 1. The fourth-order valence-electron chi connectivity index (χ4n) is 3.40. The lowest BCUT2D eigenvalue weighted by atomic mass is 9.94. The second-order valence-electron chi connectivity index (χ2n) is 5.46. The van der Waals surface area contributed by atoms with Crippen LogP contribution in [0.1, 0.15) is 38.5 Å². The molecule has 0 aromatic carbocycles. The van der Waals surface area contributed by atoms with Gasteiger partial charge in [0.1, 0.15) is 0 Å². The summed E-state index contributed by atoms with van der Waals surface area (Å²) in [7, 11) is 0. The smallest absolute Gasteiger partial charge is 0.305 e. The van der Waals surface area contributed by atoms with Crippen LogP contribution in [0.5, 0.6) is 0 Å². The molecule has 1 saturated heterocycles. The average molecular weight is 254 g/mol. The molecule has 0 aromatic heterocycles. The third-order valence-electron chi connectivity index (χ3n) is 4.35. The van der Waals surface area contributed by atoms with Crippen molar-refractivity contribution in [3.8, 4) is 0 Å².